The quantitative estimate of drug-likeness (QED) is 0.766. The van der Waals surface area contributed by atoms with Gasteiger partial charge in [0.05, 0.1) is 29.8 Å². The molecule has 118 valence electrons. The summed E-state index contributed by atoms with van der Waals surface area (Å²) in [6.45, 7) is 3.88. The summed E-state index contributed by atoms with van der Waals surface area (Å²) < 4.78 is 2.66. The third-order valence-corrected chi connectivity index (χ3v) is 4.87. The van der Waals surface area contributed by atoms with E-state index in [2.05, 4.69) is 35.8 Å². The molecule has 6 nitrogen and oxygen atoms in total. The lowest BCUT2D eigenvalue weighted by Crippen LogP contribution is -2.40. The zero-order valence-electron chi connectivity index (χ0n) is 12.7. The first-order chi connectivity index (χ1) is 11.1. The second-order valence-corrected chi connectivity index (χ2v) is 6.69. The van der Waals surface area contributed by atoms with Crippen LogP contribution >= 0.6 is 15.9 Å². The van der Waals surface area contributed by atoms with E-state index in [4.69, 9.17) is 0 Å². The lowest BCUT2D eigenvalue weighted by atomic mass is 10.1. The van der Waals surface area contributed by atoms with E-state index in [-0.39, 0.29) is 11.7 Å². The number of imidazole rings is 1. The van der Waals surface area contributed by atoms with Crippen LogP contribution in [0.25, 0.3) is 10.9 Å². The van der Waals surface area contributed by atoms with Crippen molar-refractivity contribution in [2.24, 2.45) is 0 Å². The van der Waals surface area contributed by atoms with Crippen LogP contribution in [0.4, 0.5) is 5.82 Å². The molecular formula is C16H16BrN5O. The molecule has 1 aliphatic rings. The van der Waals surface area contributed by atoms with Crippen LogP contribution in [0.1, 0.15) is 25.1 Å². The highest BCUT2D eigenvalue weighted by Gasteiger charge is 2.23. The number of hydrogen-bond donors (Lipinski definition) is 1. The van der Waals surface area contributed by atoms with Crippen LogP contribution in [0.5, 0.6) is 0 Å². The van der Waals surface area contributed by atoms with E-state index in [1.807, 2.05) is 25.1 Å². The van der Waals surface area contributed by atoms with Crippen molar-refractivity contribution in [2.75, 3.05) is 18.0 Å². The molecule has 2 aromatic heterocycles. The number of nitrogens with zero attached hydrogens (tertiary/aromatic N) is 4. The Morgan fingerprint density at radius 2 is 2.17 bits per heavy atom. The number of halogens is 1. The van der Waals surface area contributed by atoms with Crippen LogP contribution in [0.2, 0.25) is 0 Å². The summed E-state index contributed by atoms with van der Waals surface area (Å²) in [7, 11) is 0. The molecule has 0 radical (unpaired) electrons. The van der Waals surface area contributed by atoms with Gasteiger partial charge in [-0.2, -0.15) is 4.98 Å². The third-order valence-electron chi connectivity index (χ3n) is 4.38. The Kier molecular flexibility index (Phi) is 3.45. The van der Waals surface area contributed by atoms with Gasteiger partial charge in [0, 0.05) is 22.9 Å². The molecule has 0 spiro atoms. The molecule has 0 saturated carbocycles. The van der Waals surface area contributed by atoms with Crippen LogP contribution in [0, 0.1) is 0 Å². The van der Waals surface area contributed by atoms with Crippen molar-refractivity contribution in [3.05, 3.63) is 51.4 Å². The topological polar surface area (TPSA) is 66.8 Å². The fourth-order valence-corrected chi connectivity index (χ4v) is 3.33. The van der Waals surface area contributed by atoms with Crippen molar-refractivity contribution in [3.63, 3.8) is 0 Å². The predicted octanol–water partition coefficient (Wildman–Crippen LogP) is 2.70. The highest BCUT2D eigenvalue weighted by molar-refractivity contribution is 9.10. The average molecular weight is 374 g/mol. The Hall–Kier alpha value is -2.15. The molecule has 3 aromatic rings. The van der Waals surface area contributed by atoms with Gasteiger partial charge in [-0.25, -0.2) is 9.78 Å². The Balaban J connectivity index is 1.99. The molecule has 4 rings (SSSR count). The molecule has 1 N–H and O–H groups in total. The lowest BCUT2D eigenvalue weighted by Gasteiger charge is -2.33. The van der Waals surface area contributed by atoms with Gasteiger partial charge < -0.3 is 9.88 Å². The molecule has 1 saturated heterocycles. The van der Waals surface area contributed by atoms with Gasteiger partial charge in [0.2, 0.25) is 0 Å². The normalized spacial score (nSPS) is 15.7. The van der Waals surface area contributed by atoms with Crippen molar-refractivity contribution in [1.82, 2.24) is 19.5 Å². The van der Waals surface area contributed by atoms with Gasteiger partial charge in [-0.3, -0.25) is 4.57 Å². The van der Waals surface area contributed by atoms with Gasteiger partial charge in [-0.05, 0) is 31.5 Å². The first kappa shape index (κ1) is 14.4. The summed E-state index contributed by atoms with van der Waals surface area (Å²) in [5, 5.41) is 0.999. The van der Waals surface area contributed by atoms with Crippen molar-refractivity contribution in [1.29, 1.82) is 0 Å². The Morgan fingerprint density at radius 1 is 1.35 bits per heavy atom. The first-order valence-corrected chi connectivity index (χ1v) is 8.39. The minimum absolute atomic E-state index is 0.167. The van der Waals surface area contributed by atoms with Crippen LogP contribution in [-0.2, 0) is 0 Å². The monoisotopic (exact) mass is 373 g/mol. The van der Waals surface area contributed by atoms with E-state index < -0.39 is 0 Å². The third kappa shape index (κ3) is 2.35. The van der Waals surface area contributed by atoms with Gasteiger partial charge in [-0.1, -0.05) is 15.9 Å². The van der Waals surface area contributed by atoms with E-state index in [9.17, 15) is 4.79 Å². The van der Waals surface area contributed by atoms with Crippen LogP contribution in [-0.4, -0.2) is 32.6 Å². The van der Waals surface area contributed by atoms with Gasteiger partial charge in [0.15, 0.2) is 0 Å². The predicted molar refractivity (Wildman–Crippen MR) is 92.9 cm³/mol. The fourth-order valence-electron chi connectivity index (χ4n) is 2.98. The molecule has 0 bridgehead atoms. The molecule has 1 fully saturated rings. The van der Waals surface area contributed by atoms with E-state index in [0.717, 1.165) is 46.4 Å². The smallest absolute Gasteiger partial charge is 0.350 e. The summed E-state index contributed by atoms with van der Waals surface area (Å²) in [6, 6.07) is 5.83. The van der Waals surface area contributed by atoms with Crippen molar-refractivity contribution < 1.29 is 0 Å². The summed E-state index contributed by atoms with van der Waals surface area (Å²) in [5.41, 5.74) is 1.52. The fraction of sp³-hybridized carbons (Fsp3) is 0.312. The van der Waals surface area contributed by atoms with Gasteiger partial charge in [0.1, 0.15) is 5.82 Å². The van der Waals surface area contributed by atoms with Gasteiger partial charge >= 0.3 is 5.69 Å². The highest BCUT2D eigenvalue weighted by atomic mass is 79.9. The maximum absolute atomic E-state index is 12.7. The number of benzene rings is 1. The molecule has 0 aliphatic carbocycles. The zero-order chi connectivity index (χ0) is 16.0. The minimum atomic E-state index is -0.236. The molecule has 3 heterocycles. The van der Waals surface area contributed by atoms with Crippen molar-refractivity contribution in [3.8, 4) is 0 Å². The van der Waals surface area contributed by atoms with Crippen molar-refractivity contribution in [2.45, 2.75) is 19.4 Å². The van der Waals surface area contributed by atoms with E-state index in [1.54, 1.807) is 17.1 Å². The van der Waals surface area contributed by atoms with E-state index >= 15 is 0 Å². The number of fused-ring (bicyclic) bond motifs is 1. The summed E-state index contributed by atoms with van der Waals surface area (Å²) in [4.78, 5) is 26.4. The number of hydrogen-bond acceptors (Lipinski definition) is 4. The Morgan fingerprint density at radius 3 is 2.83 bits per heavy atom. The number of anilines is 1. The average Bonchev–Trinajstić information content (AvgIpc) is 2.98. The molecule has 7 heteroatoms. The van der Waals surface area contributed by atoms with Crippen LogP contribution < -0.4 is 10.6 Å². The van der Waals surface area contributed by atoms with E-state index in [1.165, 1.54) is 0 Å². The number of aromatic nitrogens is 4. The Bertz CT molecular complexity index is 914. The second kappa shape index (κ2) is 5.49. The highest BCUT2D eigenvalue weighted by Crippen LogP contribution is 2.30. The second-order valence-electron chi connectivity index (χ2n) is 5.77. The SMILES string of the molecule is CC(c1cnc[nH]1)n1c(=O)nc(N2CCC2)c2ccc(Br)cc21. The Labute approximate surface area is 141 Å². The van der Waals surface area contributed by atoms with Crippen molar-refractivity contribution >= 4 is 32.7 Å². The largest absolute Gasteiger partial charge is 0.356 e. The van der Waals surface area contributed by atoms with Crippen LogP contribution in [0.15, 0.2) is 40.0 Å². The molecule has 1 unspecified atom stereocenters. The molecule has 0 amide bonds. The molecule has 1 aliphatic heterocycles. The maximum Gasteiger partial charge on any atom is 0.350 e. The lowest BCUT2D eigenvalue weighted by molar-refractivity contribution is 0.587. The molecular weight excluding hydrogens is 358 g/mol. The summed E-state index contributed by atoms with van der Waals surface area (Å²) in [5.74, 6) is 0.789. The number of nitrogens with one attached hydrogen (secondary N) is 1. The first-order valence-electron chi connectivity index (χ1n) is 7.60. The molecule has 1 aromatic carbocycles. The maximum atomic E-state index is 12.7. The summed E-state index contributed by atoms with van der Waals surface area (Å²) >= 11 is 3.51. The number of H-pyrrole nitrogens is 1. The van der Waals surface area contributed by atoms with Gasteiger partial charge in [0.25, 0.3) is 0 Å². The number of aromatic amines is 1. The standard InChI is InChI=1S/C16H16BrN5O/c1-10(13-8-18-9-19-13)22-14-7-11(17)3-4-12(14)15(20-16(22)23)21-5-2-6-21/h3-4,7-10H,2,5-6H2,1H3,(H,18,19). The zero-order valence-corrected chi connectivity index (χ0v) is 14.2. The minimum Gasteiger partial charge on any atom is -0.356 e. The number of rotatable bonds is 3. The van der Waals surface area contributed by atoms with E-state index in [0.29, 0.717) is 0 Å². The molecule has 23 heavy (non-hydrogen) atoms. The summed E-state index contributed by atoms with van der Waals surface area (Å²) in [6.07, 6.45) is 4.51. The molecule has 1 atom stereocenters. The van der Waals surface area contributed by atoms with Gasteiger partial charge in [-0.15, -0.1) is 0 Å². The van der Waals surface area contributed by atoms with Crippen LogP contribution in [0.3, 0.4) is 0 Å².